The number of nitrogens with two attached hydrogens (primary N) is 2. The largest absolute Gasteiger partial charge is 0.478 e. The van der Waals surface area contributed by atoms with Crippen LogP contribution in [-0.4, -0.2) is 30.6 Å². The quantitative estimate of drug-likeness (QED) is 0.381. The lowest BCUT2D eigenvalue weighted by atomic mass is 10.1. The number of imidazole rings is 1. The number of carbonyl (C=O) groups is 1. The second-order valence-electron chi connectivity index (χ2n) is 7.50. The lowest BCUT2D eigenvalue weighted by Crippen LogP contribution is -2.03. The maximum absolute atomic E-state index is 11.4. The molecule has 8 nitrogen and oxygen atoms in total. The van der Waals surface area contributed by atoms with Gasteiger partial charge >= 0.3 is 5.97 Å². The number of aromatic carboxylic acids is 1. The number of anilines is 1. The maximum Gasteiger partial charge on any atom is 0.335 e. The summed E-state index contributed by atoms with van der Waals surface area (Å²) in [6.07, 6.45) is 1.63. The SMILES string of the molecule is NCc1ccc(-n2c(-c3cccnc3N)nc3ccc(-c4cccc(C(=O)O)c4)nc32)cc1. The Morgan fingerprint density at radius 2 is 1.79 bits per heavy atom. The van der Waals surface area contributed by atoms with E-state index in [9.17, 15) is 9.90 Å². The molecule has 0 radical (unpaired) electrons. The average molecular weight is 436 g/mol. The minimum Gasteiger partial charge on any atom is -0.478 e. The summed E-state index contributed by atoms with van der Waals surface area (Å²) in [5, 5.41) is 9.36. The Hall–Kier alpha value is -4.56. The molecule has 0 aliphatic heterocycles. The van der Waals surface area contributed by atoms with Crippen LogP contribution < -0.4 is 11.5 Å². The number of benzene rings is 2. The number of hydrogen-bond acceptors (Lipinski definition) is 6. The first kappa shape index (κ1) is 20.3. The van der Waals surface area contributed by atoms with Crippen LogP contribution in [0.15, 0.2) is 79.0 Å². The summed E-state index contributed by atoms with van der Waals surface area (Å²) in [4.78, 5) is 25.3. The second kappa shape index (κ2) is 8.18. The molecule has 33 heavy (non-hydrogen) atoms. The molecule has 0 saturated heterocycles. The highest BCUT2D eigenvalue weighted by Crippen LogP contribution is 2.31. The van der Waals surface area contributed by atoms with E-state index in [0.29, 0.717) is 46.2 Å². The molecule has 0 spiro atoms. The van der Waals surface area contributed by atoms with Crippen molar-refractivity contribution >= 4 is 23.0 Å². The Labute approximate surface area is 189 Å². The highest BCUT2D eigenvalue weighted by atomic mass is 16.4. The van der Waals surface area contributed by atoms with Gasteiger partial charge in [0.2, 0.25) is 0 Å². The Morgan fingerprint density at radius 1 is 0.970 bits per heavy atom. The second-order valence-corrected chi connectivity index (χ2v) is 7.50. The molecule has 0 saturated carbocycles. The van der Waals surface area contributed by atoms with Crippen molar-refractivity contribution in [1.29, 1.82) is 0 Å². The van der Waals surface area contributed by atoms with E-state index < -0.39 is 5.97 Å². The Balaban J connectivity index is 1.76. The summed E-state index contributed by atoms with van der Waals surface area (Å²) in [7, 11) is 0. The molecule has 5 N–H and O–H groups in total. The summed E-state index contributed by atoms with van der Waals surface area (Å²) in [5.74, 6) is -0.0145. The van der Waals surface area contributed by atoms with Gasteiger partial charge < -0.3 is 16.6 Å². The number of pyridine rings is 2. The zero-order valence-electron chi connectivity index (χ0n) is 17.5. The molecule has 0 aliphatic carbocycles. The molecule has 0 aliphatic rings. The molecule has 3 aromatic heterocycles. The highest BCUT2D eigenvalue weighted by Gasteiger charge is 2.19. The Morgan fingerprint density at radius 3 is 2.52 bits per heavy atom. The molecular weight excluding hydrogens is 416 g/mol. The van der Waals surface area contributed by atoms with Crippen LogP contribution in [-0.2, 0) is 6.54 Å². The number of carboxylic acids is 1. The van der Waals surface area contributed by atoms with Crippen LogP contribution in [0.5, 0.6) is 0 Å². The molecule has 0 bridgehead atoms. The zero-order chi connectivity index (χ0) is 22.9. The molecule has 0 amide bonds. The number of fused-ring (bicyclic) bond motifs is 1. The first-order valence-corrected chi connectivity index (χ1v) is 10.3. The van der Waals surface area contributed by atoms with Gasteiger partial charge in [-0.15, -0.1) is 0 Å². The third kappa shape index (κ3) is 3.68. The van der Waals surface area contributed by atoms with Gasteiger partial charge in [-0.1, -0.05) is 24.3 Å². The minimum atomic E-state index is -0.989. The predicted molar refractivity (Wildman–Crippen MR) is 127 cm³/mol. The number of aromatic nitrogens is 4. The van der Waals surface area contributed by atoms with E-state index in [1.807, 2.05) is 59.2 Å². The summed E-state index contributed by atoms with van der Waals surface area (Å²) < 4.78 is 1.92. The fourth-order valence-corrected chi connectivity index (χ4v) is 3.74. The Kier molecular flexibility index (Phi) is 5.04. The van der Waals surface area contributed by atoms with Crippen molar-refractivity contribution in [3.63, 3.8) is 0 Å². The zero-order valence-corrected chi connectivity index (χ0v) is 17.5. The monoisotopic (exact) mass is 436 g/mol. The summed E-state index contributed by atoms with van der Waals surface area (Å²) in [5.41, 5.74) is 17.3. The first-order chi connectivity index (χ1) is 16.0. The van der Waals surface area contributed by atoms with Gasteiger partial charge in [-0.05, 0) is 54.1 Å². The topological polar surface area (TPSA) is 133 Å². The molecule has 162 valence electrons. The highest BCUT2D eigenvalue weighted by molar-refractivity contribution is 5.90. The third-order valence-electron chi connectivity index (χ3n) is 5.42. The molecule has 5 rings (SSSR count). The molecule has 5 aromatic rings. The number of nitrogen functional groups attached to an aromatic ring is 1. The van der Waals surface area contributed by atoms with E-state index in [0.717, 1.165) is 11.3 Å². The molecule has 8 heteroatoms. The number of carboxylic acid groups (broad SMARTS) is 1. The summed E-state index contributed by atoms with van der Waals surface area (Å²) in [6.45, 7) is 0.440. The summed E-state index contributed by atoms with van der Waals surface area (Å²) >= 11 is 0. The minimum absolute atomic E-state index is 0.198. The third-order valence-corrected chi connectivity index (χ3v) is 5.42. The van der Waals surface area contributed by atoms with E-state index >= 15 is 0 Å². The fourth-order valence-electron chi connectivity index (χ4n) is 3.74. The summed E-state index contributed by atoms with van der Waals surface area (Å²) in [6, 6.07) is 21.9. The number of hydrogen-bond donors (Lipinski definition) is 3. The molecule has 0 unspecified atom stereocenters. The van der Waals surface area contributed by atoms with Gasteiger partial charge in [0, 0.05) is 24.0 Å². The average Bonchev–Trinajstić information content (AvgIpc) is 3.23. The maximum atomic E-state index is 11.4. The van der Waals surface area contributed by atoms with Gasteiger partial charge in [0.15, 0.2) is 11.5 Å². The van der Waals surface area contributed by atoms with Gasteiger partial charge in [0.05, 0.1) is 16.8 Å². The fraction of sp³-hybridized carbons (Fsp3) is 0.0400. The van der Waals surface area contributed by atoms with Crippen LogP contribution in [0.3, 0.4) is 0 Å². The number of nitrogens with zero attached hydrogens (tertiary/aromatic N) is 4. The van der Waals surface area contributed by atoms with Crippen molar-refractivity contribution in [3.8, 4) is 28.3 Å². The lowest BCUT2D eigenvalue weighted by molar-refractivity contribution is 0.0697. The van der Waals surface area contributed by atoms with Gasteiger partial charge in [-0.25, -0.2) is 19.7 Å². The Bertz CT molecular complexity index is 1490. The molecule has 3 heterocycles. The van der Waals surface area contributed by atoms with E-state index in [1.54, 1.807) is 24.4 Å². The predicted octanol–water partition coefficient (Wildman–Crippen LogP) is 3.89. The van der Waals surface area contributed by atoms with Crippen molar-refractivity contribution in [2.45, 2.75) is 6.54 Å². The normalized spacial score (nSPS) is 11.1. The van der Waals surface area contributed by atoms with E-state index in [2.05, 4.69) is 4.98 Å². The van der Waals surface area contributed by atoms with Crippen LogP contribution in [0.2, 0.25) is 0 Å². The van der Waals surface area contributed by atoms with Gasteiger partial charge in [-0.2, -0.15) is 0 Å². The first-order valence-electron chi connectivity index (χ1n) is 10.3. The van der Waals surface area contributed by atoms with Crippen LogP contribution in [0.25, 0.3) is 39.5 Å². The van der Waals surface area contributed by atoms with E-state index in [1.165, 1.54) is 0 Å². The van der Waals surface area contributed by atoms with Crippen molar-refractivity contribution < 1.29 is 9.90 Å². The van der Waals surface area contributed by atoms with Crippen LogP contribution in [0.1, 0.15) is 15.9 Å². The van der Waals surface area contributed by atoms with Crippen LogP contribution in [0, 0.1) is 0 Å². The lowest BCUT2D eigenvalue weighted by Gasteiger charge is -2.11. The van der Waals surface area contributed by atoms with Crippen molar-refractivity contribution in [3.05, 3.63) is 90.1 Å². The van der Waals surface area contributed by atoms with Crippen LogP contribution in [0.4, 0.5) is 5.82 Å². The van der Waals surface area contributed by atoms with Crippen molar-refractivity contribution in [2.24, 2.45) is 5.73 Å². The van der Waals surface area contributed by atoms with Crippen molar-refractivity contribution in [1.82, 2.24) is 19.5 Å². The molecule has 0 fully saturated rings. The smallest absolute Gasteiger partial charge is 0.335 e. The molecule has 2 aromatic carbocycles. The van der Waals surface area contributed by atoms with Crippen LogP contribution >= 0.6 is 0 Å². The molecule has 0 atom stereocenters. The van der Waals surface area contributed by atoms with Gasteiger partial charge in [0.25, 0.3) is 0 Å². The van der Waals surface area contributed by atoms with Crippen molar-refractivity contribution in [2.75, 3.05) is 5.73 Å². The van der Waals surface area contributed by atoms with Gasteiger partial charge in [0.1, 0.15) is 11.3 Å². The number of rotatable bonds is 5. The van der Waals surface area contributed by atoms with E-state index in [-0.39, 0.29) is 5.56 Å². The molecular formula is C25H20N6O2. The standard InChI is InChI=1S/C25H20N6O2/c26-14-15-6-8-18(9-7-15)31-23(19-5-2-12-28-22(19)27)30-21-11-10-20(29-24(21)31)16-3-1-4-17(13-16)25(32)33/h1-13H,14,26H2,(H2,27,28)(H,32,33). The van der Waals surface area contributed by atoms with Gasteiger partial charge in [-0.3, -0.25) is 4.57 Å². The van der Waals surface area contributed by atoms with E-state index in [4.69, 9.17) is 21.4 Å².